The molecule has 5 nitrogen and oxygen atoms in total. The van der Waals surface area contributed by atoms with Crippen molar-refractivity contribution in [2.75, 3.05) is 4.72 Å². The van der Waals surface area contributed by atoms with Crippen molar-refractivity contribution in [3.05, 3.63) is 59.3 Å². The molecular formula is C19H18N2O3S. The van der Waals surface area contributed by atoms with Crippen LogP contribution in [0.4, 0.5) is 5.69 Å². The number of fused-ring (bicyclic) bond motifs is 3. The predicted octanol–water partition coefficient (Wildman–Crippen LogP) is 3.80. The summed E-state index contributed by atoms with van der Waals surface area (Å²) in [6.07, 6.45) is 2.29. The molecule has 0 spiro atoms. The molecule has 128 valence electrons. The molecule has 1 heterocycles. The number of carbonyl (C=O) groups excluding carboxylic acids is 1. The molecule has 0 aliphatic heterocycles. The van der Waals surface area contributed by atoms with Gasteiger partial charge in [-0.05, 0) is 49.6 Å². The summed E-state index contributed by atoms with van der Waals surface area (Å²) in [5.74, 6) is 0.124. The van der Waals surface area contributed by atoms with E-state index in [-0.39, 0.29) is 10.7 Å². The minimum atomic E-state index is -3.64. The number of aromatic amines is 1. The van der Waals surface area contributed by atoms with Gasteiger partial charge in [-0.1, -0.05) is 23.8 Å². The van der Waals surface area contributed by atoms with Crippen molar-refractivity contribution in [3.8, 4) is 0 Å². The van der Waals surface area contributed by atoms with E-state index in [0.717, 1.165) is 34.9 Å². The van der Waals surface area contributed by atoms with Crippen molar-refractivity contribution in [1.29, 1.82) is 0 Å². The van der Waals surface area contributed by atoms with Crippen LogP contribution >= 0.6 is 0 Å². The Balaban J connectivity index is 1.70. The lowest BCUT2D eigenvalue weighted by molar-refractivity contribution is 0.0968. The molecule has 0 fully saturated rings. The van der Waals surface area contributed by atoms with E-state index in [1.54, 1.807) is 36.4 Å². The van der Waals surface area contributed by atoms with Crippen LogP contribution in [0.25, 0.3) is 10.9 Å². The van der Waals surface area contributed by atoms with Crippen LogP contribution in [0.1, 0.15) is 34.5 Å². The number of sulfonamides is 1. The number of aromatic nitrogens is 1. The Morgan fingerprint density at radius 3 is 2.56 bits per heavy atom. The monoisotopic (exact) mass is 354 g/mol. The zero-order valence-electron chi connectivity index (χ0n) is 13.8. The molecule has 0 saturated carbocycles. The number of hydrogen-bond donors (Lipinski definition) is 2. The minimum absolute atomic E-state index is 0.124. The number of anilines is 1. The summed E-state index contributed by atoms with van der Waals surface area (Å²) in [5, 5.41) is 0.987. The van der Waals surface area contributed by atoms with Crippen molar-refractivity contribution < 1.29 is 13.2 Å². The molecule has 6 heteroatoms. The van der Waals surface area contributed by atoms with Crippen LogP contribution in [-0.2, 0) is 16.4 Å². The summed E-state index contributed by atoms with van der Waals surface area (Å²) in [7, 11) is -3.64. The maximum Gasteiger partial charge on any atom is 0.261 e. The lowest BCUT2D eigenvalue weighted by atomic mass is 9.95. The Morgan fingerprint density at radius 1 is 1.04 bits per heavy atom. The van der Waals surface area contributed by atoms with E-state index in [4.69, 9.17) is 0 Å². The van der Waals surface area contributed by atoms with Crippen LogP contribution < -0.4 is 4.72 Å². The molecule has 0 atom stereocenters. The van der Waals surface area contributed by atoms with Crippen LogP contribution in [-0.4, -0.2) is 19.2 Å². The first-order valence-electron chi connectivity index (χ1n) is 8.21. The second-order valence-electron chi connectivity index (χ2n) is 6.43. The largest absolute Gasteiger partial charge is 0.352 e. The molecule has 0 unspecified atom stereocenters. The quantitative estimate of drug-likeness (QED) is 0.751. The fraction of sp³-hybridized carbons (Fsp3) is 0.211. The lowest BCUT2D eigenvalue weighted by Crippen LogP contribution is -2.12. The van der Waals surface area contributed by atoms with E-state index < -0.39 is 10.0 Å². The highest BCUT2D eigenvalue weighted by Gasteiger charge is 2.22. The molecule has 1 aromatic heterocycles. The van der Waals surface area contributed by atoms with Crippen LogP contribution in [0.2, 0.25) is 0 Å². The van der Waals surface area contributed by atoms with Gasteiger partial charge in [-0.25, -0.2) is 8.42 Å². The van der Waals surface area contributed by atoms with Gasteiger partial charge in [0.25, 0.3) is 10.0 Å². The van der Waals surface area contributed by atoms with Gasteiger partial charge in [0.15, 0.2) is 5.78 Å². The van der Waals surface area contributed by atoms with Crippen molar-refractivity contribution in [2.24, 2.45) is 0 Å². The second-order valence-corrected chi connectivity index (χ2v) is 8.12. The number of aryl methyl sites for hydroxylation is 2. The summed E-state index contributed by atoms with van der Waals surface area (Å²) in [5.41, 5.74) is 3.96. The van der Waals surface area contributed by atoms with E-state index in [0.29, 0.717) is 17.8 Å². The first kappa shape index (κ1) is 15.9. The van der Waals surface area contributed by atoms with Crippen LogP contribution in [0, 0.1) is 6.92 Å². The van der Waals surface area contributed by atoms with Gasteiger partial charge in [0, 0.05) is 17.3 Å². The molecule has 25 heavy (non-hydrogen) atoms. The number of ketones is 1. The molecule has 2 N–H and O–H groups in total. The first-order chi connectivity index (χ1) is 11.9. The van der Waals surface area contributed by atoms with Gasteiger partial charge in [-0.3, -0.25) is 9.52 Å². The molecule has 2 aromatic carbocycles. The van der Waals surface area contributed by atoms with Crippen molar-refractivity contribution in [1.82, 2.24) is 4.98 Å². The van der Waals surface area contributed by atoms with Crippen molar-refractivity contribution in [2.45, 2.75) is 31.1 Å². The third-order valence-electron chi connectivity index (χ3n) is 4.60. The van der Waals surface area contributed by atoms with Gasteiger partial charge in [-0.15, -0.1) is 0 Å². The summed E-state index contributed by atoms with van der Waals surface area (Å²) in [6, 6.07) is 12.1. The molecular weight excluding hydrogens is 336 g/mol. The standard InChI is InChI=1S/C19H18N2O3S/c1-12-5-8-14(9-6-12)25(23,24)21-13-7-10-15-16-3-2-4-18(22)19(16)20-17(15)11-13/h5-11,20-21H,2-4H2,1H3. The third kappa shape index (κ3) is 2.82. The highest BCUT2D eigenvalue weighted by molar-refractivity contribution is 7.92. The molecule has 0 amide bonds. The van der Waals surface area contributed by atoms with E-state index in [2.05, 4.69) is 9.71 Å². The summed E-state index contributed by atoms with van der Waals surface area (Å²) >= 11 is 0. The fourth-order valence-electron chi connectivity index (χ4n) is 3.30. The second kappa shape index (κ2) is 5.74. The van der Waals surface area contributed by atoms with Gasteiger partial charge in [0.05, 0.1) is 16.3 Å². The van der Waals surface area contributed by atoms with E-state index in [1.807, 2.05) is 13.0 Å². The molecule has 4 rings (SSSR count). The van der Waals surface area contributed by atoms with Crippen molar-refractivity contribution in [3.63, 3.8) is 0 Å². The Morgan fingerprint density at radius 2 is 1.80 bits per heavy atom. The van der Waals surface area contributed by atoms with E-state index in [9.17, 15) is 13.2 Å². The zero-order chi connectivity index (χ0) is 17.6. The van der Waals surface area contributed by atoms with Crippen LogP contribution in [0.5, 0.6) is 0 Å². The SMILES string of the molecule is Cc1ccc(S(=O)(=O)Nc2ccc3c4c([nH]c3c2)C(=O)CCC4)cc1. The predicted molar refractivity (Wildman–Crippen MR) is 97.6 cm³/mol. The number of benzene rings is 2. The van der Waals surface area contributed by atoms with Crippen molar-refractivity contribution >= 4 is 32.4 Å². The molecule has 1 aliphatic rings. The number of carbonyl (C=O) groups is 1. The number of nitrogens with one attached hydrogen (secondary N) is 2. The van der Waals surface area contributed by atoms with Gasteiger partial charge in [0.1, 0.15) is 0 Å². The molecule has 0 bridgehead atoms. The average molecular weight is 354 g/mol. The molecule has 0 saturated heterocycles. The normalized spacial score (nSPS) is 14.5. The number of hydrogen-bond acceptors (Lipinski definition) is 3. The van der Waals surface area contributed by atoms with Gasteiger partial charge in [0.2, 0.25) is 0 Å². The molecule has 3 aromatic rings. The van der Waals surface area contributed by atoms with Crippen LogP contribution in [0.15, 0.2) is 47.4 Å². The Hall–Kier alpha value is -2.60. The zero-order valence-corrected chi connectivity index (χ0v) is 14.6. The van der Waals surface area contributed by atoms with Gasteiger partial charge >= 0.3 is 0 Å². The maximum atomic E-state index is 12.5. The summed E-state index contributed by atoms with van der Waals surface area (Å²) in [6.45, 7) is 1.91. The number of H-pyrrole nitrogens is 1. The highest BCUT2D eigenvalue weighted by Crippen LogP contribution is 2.31. The minimum Gasteiger partial charge on any atom is -0.352 e. The Kier molecular flexibility index (Phi) is 3.65. The van der Waals surface area contributed by atoms with E-state index in [1.165, 1.54) is 0 Å². The topological polar surface area (TPSA) is 79.0 Å². The number of Topliss-reactive ketones (excluding diaryl/α,β-unsaturated/α-hetero) is 1. The summed E-state index contributed by atoms with van der Waals surface area (Å²) < 4.78 is 27.6. The molecule has 0 radical (unpaired) electrons. The smallest absolute Gasteiger partial charge is 0.261 e. The Bertz CT molecular complexity index is 1080. The highest BCUT2D eigenvalue weighted by atomic mass is 32.2. The van der Waals surface area contributed by atoms with Gasteiger partial charge in [-0.2, -0.15) is 0 Å². The maximum absolute atomic E-state index is 12.5. The summed E-state index contributed by atoms with van der Waals surface area (Å²) in [4.78, 5) is 15.4. The van der Waals surface area contributed by atoms with E-state index >= 15 is 0 Å². The number of rotatable bonds is 3. The average Bonchev–Trinajstić information content (AvgIpc) is 2.94. The third-order valence-corrected chi connectivity index (χ3v) is 6.00. The van der Waals surface area contributed by atoms with Crippen LogP contribution in [0.3, 0.4) is 0 Å². The Labute approximate surface area is 146 Å². The lowest BCUT2D eigenvalue weighted by Gasteiger charge is -2.10. The molecule has 1 aliphatic carbocycles. The van der Waals surface area contributed by atoms with Gasteiger partial charge < -0.3 is 4.98 Å². The first-order valence-corrected chi connectivity index (χ1v) is 9.70. The fourth-order valence-corrected chi connectivity index (χ4v) is 4.35.